The molecule has 1 aromatic carbocycles. The fourth-order valence-electron chi connectivity index (χ4n) is 2.16. The van der Waals surface area contributed by atoms with Crippen LogP contribution in [-0.2, 0) is 6.42 Å². The molecule has 2 heteroatoms. The van der Waals surface area contributed by atoms with Crippen LogP contribution < -0.4 is 0 Å². The Morgan fingerprint density at radius 3 is 2.44 bits per heavy atom. The van der Waals surface area contributed by atoms with Gasteiger partial charge in [0.1, 0.15) is 0 Å². The van der Waals surface area contributed by atoms with Gasteiger partial charge in [-0.3, -0.25) is 4.79 Å². The summed E-state index contributed by atoms with van der Waals surface area (Å²) in [6, 6.07) is 8.13. The Bertz CT molecular complexity index is 350. The van der Waals surface area contributed by atoms with Crippen LogP contribution in [0.3, 0.4) is 0 Å². The number of hydrogen-bond donors (Lipinski definition) is 0. The molecule has 1 heterocycles. The van der Waals surface area contributed by atoms with Gasteiger partial charge < -0.3 is 0 Å². The highest BCUT2D eigenvalue weighted by molar-refractivity contribution is 7.99. The van der Waals surface area contributed by atoms with E-state index in [4.69, 9.17) is 0 Å². The summed E-state index contributed by atoms with van der Waals surface area (Å²) >= 11 is 2.07. The van der Waals surface area contributed by atoms with Crippen LogP contribution >= 0.6 is 11.8 Å². The molecule has 1 aromatic rings. The summed E-state index contributed by atoms with van der Waals surface area (Å²) in [7, 11) is 0. The van der Waals surface area contributed by atoms with Gasteiger partial charge in [-0.2, -0.15) is 11.8 Å². The summed E-state index contributed by atoms with van der Waals surface area (Å²) in [4.78, 5) is 11.1. The van der Waals surface area contributed by atoms with Crippen LogP contribution in [-0.4, -0.2) is 17.3 Å². The van der Waals surface area contributed by atoms with Crippen molar-refractivity contribution in [2.45, 2.75) is 26.2 Å². The monoisotopic (exact) mass is 234 g/mol. The quantitative estimate of drug-likeness (QED) is 0.744. The van der Waals surface area contributed by atoms with Crippen LogP contribution in [0.5, 0.6) is 0 Å². The van der Waals surface area contributed by atoms with E-state index >= 15 is 0 Å². The number of thioether (sulfide) groups is 1. The molecule has 1 nitrogen and oxygen atoms in total. The van der Waals surface area contributed by atoms with Crippen LogP contribution in [0.15, 0.2) is 24.3 Å². The Labute approximate surface area is 102 Å². The van der Waals surface area contributed by atoms with Crippen molar-refractivity contribution in [1.82, 2.24) is 0 Å². The van der Waals surface area contributed by atoms with E-state index in [2.05, 4.69) is 23.9 Å². The van der Waals surface area contributed by atoms with Gasteiger partial charge in [0.2, 0.25) is 0 Å². The van der Waals surface area contributed by atoms with E-state index in [9.17, 15) is 4.79 Å². The Kier molecular flexibility index (Phi) is 4.05. The van der Waals surface area contributed by atoms with Crippen molar-refractivity contribution in [3.8, 4) is 0 Å². The molecule has 1 aliphatic heterocycles. The van der Waals surface area contributed by atoms with Crippen LogP contribution in [0.4, 0.5) is 0 Å². The molecule has 0 spiro atoms. The van der Waals surface area contributed by atoms with Gasteiger partial charge in [0.25, 0.3) is 0 Å². The minimum absolute atomic E-state index is 0.153. The van der Waals surface area contributed by atoms with Gasteiger partial charge in [0.05, 0.1) is 0 Å². The molecule has 16 heavy (non-hydrogen) atoms. The first kappa shape index (κ1) is 11.7. The number of carbonyl (C=O) groups is 1. The third-order valence-corrected chi connectivity index (χ3v) is 4.27. The first-order valence-electron chi connectivity index (χ1n) is 5.93. The summed E-state index contributed by atoms with van der Waals surface area (Å²) in [5.74, 6) is 3.64. The zero-order valence-electron chi connectivity index (χ0n) is 9.74. The molecule has 0 amide bonds. The van der Waals surface area contributed by atoms with E-state index in [1.807, 2.05) is 12.1 Å². The summed E-state index contributed by atoms with van der Waals surface area (Å²) in [6.07, 6.45) is 3.87. The lowest BCUT2D eigenvalue weighted by Gasteiger charge is -2.21. The van der Waals surface area contributed by atoms with Crippen molar-refractivity contribution in [1.29, 1.82) is 0 Å². The number of Topliss-reactive ketones (excluding diaryl/α,β-unsaturated/α-hetero) is 1. The van der Waals surface area contributed by atoms with E-state index in [1.54, 1.807) is 6.92 Å². The summed E-state index contributed by atoms with van der Waals surface area (Å²) < 4.78 is 0. The Morgan fingerprint density at radius 1 is 1.25 bits per heavy atom. The molecule has 0 atom stereocenters. The lowest BCUT2D eigenvalue weighted by atomic mass is 9.93. The van der Waals surface area contributed by atoms with Gasteiger partial charge in [-0.1, -0.05) is 24.3 Å². The average Bonchev–Trinajstić information content (AvgIpc) is 2.31. The molecular formula is C14H18OS. The van der Waals surface area contributed by atoms with Crippen molar-refractivity contribution in [2.24, 2.45) is 5.92 Å². The van der Waals surface area contributed by atoms with Crippen molar-refractivity contribution in [3.63, 3.8) is 0 Å². The van der Waals surface area contributed by atoms with Crippen LogP contribution in [0, 0.1) is 5.92 Å². The van der Waals surface area contributed by atoms with Gasteiger partial charge in [0, 0.05) is 5.56 Å². The Balaban J connectivity index is 1.96. The van der Waals surface area contributed by atoms with E-state index in [0.717, 1.165) is 11.5 Å². The predicted octanol–water partition coefficient (Wildman–Crippen LogP) is 3.57. The predicted molar refractivity (Wildman–Crippen MR) is 70.2 cm³/mol. The fraction of sp³-hybridized carbons (Fsp3) is 0.500. The lowest BCUT2D eigenvalue weighted by Crippen LogP contribution is -2.12. The molecule has 0 unspecified atom stereocenters. The maximum atomic E-state index is 11.1. The maximum Gasteiger partial charge on any atom is 0.159 e. The molecule has 1 fully saturated rings. The summed E-state index contributed by atoms with van der Waals surface area (Å²) in [5.41, 5.74) is 2.20. The molecular weight excluding hydrogens is 216 g/mol. The van der Waals surface area contributed by atoms with Crippen molar-refractivity contribution < 1.29 is 4.79 Å². The van der Waals surface area contributed by atoms with Crippen molar-refractivity contribution >= 4 is 17.5 Å². The minimum Gasteiger partial charge on any atom is -0.295 e. The minimum atomic E-state index is 0.153. The first-order chi connectivity index (χ1) is 7.75. The molecule has 0 radical (unpaired) electrons. The Hall–Kier alpha value is -0.760. The average molecular weight is 234 g/mol. The fourth-order valence-corrected chi connectivity index (χ4v) is 3.36. The third kappa shape index (κ3) is 3.11. The van der Waals surface area contributed by atoms with Crippen LogP contribution in [0.1, 0.15) is 35.7 Å². The van der Waals surface area contributed by atoms with Gasteiger partial charge in [-0.15, -0.1) is 0 Å². The molecule has 1 saturated heterocycles. The third-order valence-electron chi connectivity index (χ3n) is 3.23. The van der Waals surface area contributed by atoms with Gasteiger partial charge >= 0.3 is 0 Å². The number of hydrogen-bond acceptors (Lipinski definition) is 2. The number of benzene rings is 1. The molecule has 0 bridgehead atoms. The smallest absolute Gasteiger partial charge is 0.159 e. The molecule has 0 aromatic heterocycles. The Morgan fingerprint density at radius 2 is 1.88 bits per heavy atom. The number of rotatable bonds is 3. The van der Waals surface area contributed by atoms with E-state index in [-0.39, 0.29) is 5.78 Å². The second kappa shape index (κ2) is 5.53. The second-order valence-corrected chi connectivity index (χ2v) is 5.74. The molecule has 1 aliphatic rings. The van der Waals surface area contributed by atoms with E-state index in [1.165, 1.54) is 36.3 Å². The molecule has 0 saturated carbocycles. The van der Waals surface area contributed by atoms with Crippen molar-refractivity contribution in [3.05, 3.63) is 35.4 Å². The topological polar surface area (TPSA) is 17.1 Å². The molecule has 0 N–H and O–H groups in total. The highest BCUT2D eigenvalue weighted by Crippen LogP contribution is 2.25. The van der Waals surface area contributed by atoms with Crippen LogP contribution in [0.25, 0.3) is 0 Å². The molecule has 86 valence electrons. The van der Waals surface area contributed by atoms with Crippen molar-refractivity contribution in [2.75, 3.05) is 11.5 Å². The second-order valence-electron chi connectivity index (χ2n) is 4.51. The van der Waals surface area contributed by atoms with E-state index in [0.29, 0.717) is 0 Å². The summed E-state index contributed by atoms with van der Waals surface area (Å²) in [5, 5.41) is 0. The van der Waals surface area contributed by atoms with Gasteiger partial charge in [-0.25, -0.2) is 0 Å². The SMILES string of the molecule is CC(=O)c1ccc(CC2CCSCC2)cc1. The van der Waals surface area contributed by atoms with Gasteiger partial charge in [-0.05, 0) is 49.2 Å². The molecule has 2 rings (SSSR count). The zero-order chi connectivity index (χ0) is 11.4. The molecule has 0 aliphatic carbocycles. The highest BCUT2D eigenvalue weighted by Gasteiger charge is 2.14. The van der Waals surface area contributed by atoms with E-state index < -0.39 is 0 Å². The number of ketones is 1. The normalized spacial score (nSPS) is 17.3. The summed E-state index contributed by atoms with van der Waals surface area (Å²) in [6.45, 7) is 1.62. The highest BCUT2D eigenvalue weighted by atomic mass is 32.2. The maximum absolute atomic E-state index is 11.1. The van der Waals surface area contributed by atoms with Gasteiger partial charge in [0.15, 0.2) is 5.78 Å². The largest absolute Gasteiger partial charge is 0.295 e. The standard InChI is InChI=1S/C14H18OS/c1-11(15)14-4-2-12(3-5-14)10-13-6-8-16-9-7-13/h2-5,13H,6-10H2,1H3. The van der Waals surface area contributed by atoms with Crippen LogP contribution in [0.2, 0.25) is 0 Å². The first-order valence-corrected chi connectivity index (χ1v) is 7.09. The zero-order valence-corrected chi connectivity index (χ0v) is 10.6. The lowest BCUT2D eigenvalue weighted by molar-refractivity contribution is 0.101. The number of carbonyl (C=O) groups excluding carboxylic acids is 1.